The van der Waals surface area contributed by atoms with Gasteiger partial charge in [-0.1, -0.05) is 12.1 Å². The number of aryl methyl sites for hydroxylation is 1. The molecule has 3 N–H and O–H groups in total. The first kappa shape index (κ1) is 15.5. The van der Waals surface area contributed by atoms with Gasteiger partial charge in [-0.15, -0.1) is 11.3 Å². The van der Waals surface area contributed by atoms with Gasteiger partial charge >= 0.3 is 6.18 Å². The van der Waals surface area contributed by atoms with Crippen LogP contribution in [0.2, 0.25) is 0 Å². The van der Waals surface area contributed by atoms with Crippen LogP contribution in [0.3, 0.4) is 0 Å². The fraction of sp³-hybridized carbons (Fsp3) is 0.231. The van der Waals surface area contributed by atoms with Crippen LogP contribution in [-0.2, 0) is 6.18 Å². The first-order chi connectivity index (χ1) is 9.32. The summed E-state index contributed by atoms with van der Waals surface area (Å²) in [6, 6.07) is 6.64. The number of benzene rings is 1. The van der Waals surface area contributed by atoms with E-state index >= 15 is 0 Å². The maximum absolute atomic E-state index is 12.5. The second-order valence-corrected chi connectivity index (χ2v) is 6.73. The molecule has 2 nitrogen and oxygen atoms in total. The second-order valence-electron chi connectivity index (χ2n) is 4.32. The van der Waals surface area contributed by atoms with E-state index in [1.54, 1.807) is 0 Å². The van der Waals surface area contributed by atoms with Crippen molar-refractivity contribution in [1.29, 1.82) is 0 Å². The van der Waals surface area contributed by atoms with Gasteiger partial charge < -0.3 is 0 Å². The fourth-order valence-corrected chi connectivity index (χ4v) is 3.49. The summed E-state index contributed by atoms with van der Waals surface area (Å²) in [4.78, 5) is 0.941. The maximum Gasteiger partial charge on any atom is 0.416 e. The van der Waals surface area contributed by atoms with Crippen LogP contribution in [0.25, 0.3) is 0 Å². The Kier molecular flexibility index (Phi) is 4.53. The van der Waals surface area contributed by atoms with E-state index in [1.165, 1.54) is 23.5 Å². The highest BCUT2D eigenvalue weighted by Crippen LogP contribution is 2.35. The van der Waals surface area contributed by atoms with Crippen LogP contribution in [0, 0.1) is 6.92 Å². The van der Waals surface area contributed by atoms with Crippen LogP contribution in [-0.4, -0.2) is 0 Å². The van der Waals surface area contributed by atoms with Crippen molar-refractivity contribution in [3.05, 3.63) is 55.7 Å². The van der Waals surface area contributed by atoms with Gasteiger partial charge in [-0.2, -0.15) is 13.2 Å². The standard InChI is InChI=1S/C13H12BrF3N2S/c1-7-6-10(20-12(7)14)11(19-18)8-2-4-9(5-3-8)13(15,16)17/h2-6,11,19H,18H2,1H3. The molecule has 2 rings (SSSR count). The van der Waals surface area contributed by atoms with Gasteiger partial charge in [0.2, 0.25) is 0 Å². The van der Waals surface area contributed by atoms with Crippen LogP contribution in [0.5, 0.6) is 0 Å². The quantitative estimate of drug-likeness (QED) is 0.626. The molecular weight excluding hydrogens is 353 g/mol. The zero-order chi connectivity index (χ0) is 14.9. The minimum Gasteiger partial charge on any atom is -0.271 e. The van der Waals surface area contributed by atoms with Crippen LogP contribution in [0.15, 0.2) is 34.1 Å². The topological polar surface area (TPSA) is 38.0 Å². The maximum atomic E-state index is 12.5. The SMILES string of the molecule is Cc1cc(C(NN)c2ccc(C(F)(F)F)cc2)sc1Br. The van der Waals surface area contributed by atoms with Gasteiger partial charge in [0.1, 0.15) is 0 Å². The van der Waals surface area contributed by atoms with E-state index in [4.69, 9.17) is 5.84 Å². The Hall–Kier alpha value is -0.890. The molecule has 0 aliphatic rings. The highest BCUT2D eigenvalue weighted by Gasteiger charge is 2.30. The summed E-state index contributed by atoms with van der Waals surface area (Å²) in [5.74, 6) is 5.54. The summed E-state index contributed by atoms with van der Waals surface area (Å²) in [6.45, 7) is 1.95. The number of nitrogens with two attached hydrogens (primary N) is 1. The molecule has 1 aromatic heterocycles. The van der Waals surface area contributed by atoms with E-state index in [0.29, 0.717) is 5.56 Å². The average molecular weight is 365 g/mol. The third kappa shape index (κ3) is 3.22. The number of hydrazine groups is 1. The van der Waals surface area contributed by atoms with Crippen LogP contribution >= 0.6 is 27.3 Å². The molecule has 0 aliphatic carbocycles. The molecule has 1 heterocycles. The third-order valence-corrected chi connectivity index (χ3v) is 5.10. The Bertz CT molecular complexity index is 573. The lowest BCUT2D eigenvalue weighted by molar-refractivity contribution is -0.137. The highest BCUT2D eigenvalue weighted by atomic mass is 79.9. The number of hydrogen-bond acceptors (Lipinski definition) is 3. The molecule has 7 heteroatoms. The Morgan fingerprint density at radius 1 is 1.25 bits per heavy atom. The van der Waals surface area contributed by atoms with E-state index in [0.717, 1.165) is 26.4 Å². The number of alkyl halides is 3. The molecule has 0 spiro atoms. The van der Waals surface area contributed by atoms with Gasteiger partial charge in [0, 0.05) is 4.88 Å². The van der Waals surface area contributed by atoms with Crippen molar-refractivity contribution in [2.45, 2.75) is 19.1 Å². The summed E-state index contributed by atoms with van der Waals surface area (Å²) < 4.78 is 38.6. The van der Waals surface area contributed by atoms with Crippen molar-refractivity contribution < 1.29 is 13.2 Å². The fourth-order valence-electron chi connectivity index (χ4n) is 1.83. The number of nitrogens with one attached hydrogen (secondary N) is 1. The number of rotatable bonds is 3. The first-order valence-corrected chi connectivity index (χ1v) is 7.33. The average Bonchev–Trinajstić information content (AvgIpc) is 2.70. The largest absolute Gasteiger partial charge is 0.416 e. The second kappa shape index (κ2) is 5.85. The Balaban J connectivity index is 2.33. The molecule has 0 saturated heterocycles. The summed E-state index contributed by atoms with van der Waals surface area (Å²) in [6.07, 6.45) is -4.33. The molecule has 0 amide bonds. The van der Waals surface area contributed by atoms with Gasteiger partial charge in [0.25, 0.3) is 0 Å². The predicted molar refractivity (Wildman–Crippen MR) is 77.4 cm³/mol. The van der Waals surface area contributed by atoms with Crippen LogP contribution in [0.4, 0.5) is 13.2 Å². The van der Waals surface area contributed by atoms with Crippen molar-refractivity contribution in [3.8, 4) is 0 Å². The number of halogens is 4. The Labute approximate surface area is 126 Å². The minimum atomic E-state index is -4.33. The molecular formula is C13H12BrF3N2S. The van der Waals surface area contributed by atoms with Gasteiger partial charge in [-0.05, 0) is 52.2 Å². The minimum absolute atomic E-state index is 0.327. The summed E-state index contributed by atoms with van der Waals surface area (Å²) in [5.41, 5.74) is 3.73. The molecule has 0 radical (unpaired) electrons. The van der Waals surface area contributed by atoms with E-state index in [2.05, 4.69) is 21.4 Å². The van der Waals surface area contributed by atoms with Crippen molar-refractivity contribution in [2.24, 2.45) is 5.84 Å². The molecule has 2 aromatic rings. The lowest BCUT2D eigenvalue weighted by Gasteiger charge is -2.15. The van der Waals surface area contributed by atoms with Crippen LogP contribution < -0.4 is 11.3 Å². The summed E-state index contributed by atoms with van der Waals surface area (Å²) in [7, 11) is 0. The molecule has 108 valence electrons. The summed E-state index contributed by atoms with van der Waals surface area (Å²) >= 11 is 4.93. The molecule has 1 unspecified atom stereocenters. The zero-order valence-electron chi connectivity index (χ0n) is 10.5. The van der Waals surface area contributed by atoms with E-state index in [-0.39, 0.29) is 6.04 Å². The molecule has 0 saturated carbocycles. The van der Waals surface area contributed by atoms with E-state index < -0.39 is 11.7 Å². The zero-order valence-corrected chi connectivity index (χ0v) is 12.9. The predicted octanol–water partition coefficient (Wildman–Crippen LogP) is 4.39. The normalized spacial score (nSPS) is 13.5. The third-order valence-electron chi connectivity index (χ3n) is 2.90. The lowest BCUT2D eigenvalue weighted by atomic mass is 10.0. The van der Waals surface area contributed by atoms with Crippen molar-refractivity contribution >= 4 is 27.3 Å². The first-order valence-electron chi connectivity index (χ1n) is 5.72. The molecule has 1 atom stereocenters. The van der Waals surface area contributed by atoms with Gasteiger partial charge in [-0.25, -0.2) is 5.43 Å². The smallest absolute Gasteiger partial charge is 0.271 e. The molecule has 0 bridgehead atoms. The molecule has 20 heavy (non-hydrogen) atoms. The lowest BCUT2D eigenvalue weighted by Crippen LogP contribution is -2.28. The molecule has 0 fully saturated rings. The van der Waals surface area contributed by atoms with Crippen molar-refractivity contribution in [1.82, 2.24) is 5.43 Å². The molecule has 1 aromatic carbocycles. The monoisotopic (exact) mass is 364 g/mol. The van der Waals surface area contributed by atoms with Crippen molar-refractivity contribution in [3.63, 3.8) is 0 Å². The van der Waals surface area contributed by atoms with Crippen molar-refractivity contribution in [2.75, 3.05) is 0 Å². The summed E-state index contributed by atoms with van der Waals surface area (Å²) in [5, 5.41) is 0. The molecule has 0 aliphatic heterocycles. The van der Waals surface area contributed by atoms with Gasteiger partial charge in [-0.3, -0.25) is 5.84 Å². The highest BCUT2D eigenvalue weighted by molar-refractivity contribution is 9.11. The Morgan fingerprint density at radius 3 is 2.25 bits per heavy atom. The Morgan fingerprint density at radius 2 is 1.85 bits per heavy atom. The number of thiophene rings is 1. The van der Waals surface area contributed by atoms with Gasteiger partial charge in [0.15, 0.2) is 0 Å². The van der Waals surface area contributed by atoms with Crippen LogP contribution in [0.1, 0.15) is 27.6 Å². The number of hydrogen-bond donors (Lipinski definition) is 2. The van der Waals surface area contributed by atoms with E-state index in [9.17, 15) is 13.2 Å². The van der Waals surface area contributed by atoms with E-state index in [1.807, 2.05) is 13.0 Å². The van der Waals surface area contributed by atoms with Gasteiger partial charge in [0.05, 0.1) is 15.4 Å².